The quantitative estimate of drug-likeness (QED) is 0.650. The normalized spacial score (nSPS) is 23.2. The summed E-state index contributed by atoms with van der Waals surface area (Å²) < 4.78 is 5.52. The zero-order chi connectivity index (χ0) is 10.9. The van der Waals surface area contributed by atoms with Gasteiger partial charge in [-0.3, -0.25) is 0 Å². The van der Waals surface area contributed by atoms with Crippen LogP contribution in [0.25, 0.3) is 0 Å². The van der Waals surface area contributed by atoms with Gasteiger partial charge in [-0.25, -0.2) is 0 Å². The SMILES string of the molecule is CCCCOCCNC1CCCN(C)C1. The van der Waals surface area contributed by atoms with E-state index in [1.54, 1.807) is 0 Å². The number of unbranched alkanes of at least 4 members (excludes halogenated alkanes) is 1. The minimum Gasteiger partial charge on any atom is -0.380 e. The first-order valence-electron chi connectivity index (χ1n) is 6.32. The zero-order valence-corrected chi connectivity index (χ0v) is 10.3. The molecule has 0 spiro atoms. The van der Waals surface area contributed by atoms with E-state index in [-0.39, 0.29) is 0 Å². The van der Waals surface area contributed by atoms with Crippen LogP contribution < -0.4 is 5.32 Å². The van der Waals surface area contributed by atoms with Crippen molar-refractivity contribution >= 4 is 0 Å². The number of nitrogens with zero attached hydrogens (tertiary/aromatic N) is 1. The minimum absolute atomic E-state index is 0.679. The van der Waals surface area contributed by atoms with Crippen LogP contribution in [0.2, 0.25) is 0 Å². The highest BCUT2D eigenvalue weighted by atomic mass is 16.5. The van der Waals surface area contributed by atoms with E-state index in [0.29, 0.717) is 6.04 Å². The maximum atomic E-state index is 5.52. The number of nitrogens with one attached hydrogen (secondary N) is 1. The number of hydrogen-bond donors (Lipinski definition) is 1. The molecular weight excluding hydrogens is 188 g/mol. The summed E-state index contributed by atoms with van der Waals surface area (Å²) in [5.74, 6) is 0. The van der Waals surface area contributed by atoms with Crippen molar-refractivity contribution in [3.05, 3.63) is 0 Å². The van der Waals surface area contributed by atoms with Crippen molar-refractivity contribution in [1.82, 2.24) is 10.2 Å². The highest BCUT2D eigenvalue weighted by Crippen LogP contribution is 2.07. The van der Waals surface area contributed by atoms with Gasteiger partial charge in [-0.05, 0) is 32.9 Å². The molecule has 1 aliphatic heterocycles. The third kappa shape index (κ3) is 6.13. The third-order valence-electron chi connectivity index (χ3n) is 2.95. The number of likely N-dealkylation sites (tertiary alicyclic amines) is 1. The van der Waals surface area contributed by atoms with Gasteiger partial charge in [-0.15, -0.1) is 0 Å². The Morgan fingerprint density at radius 2 is 2.27 bits per heavy atom. The van der Waals surface area contributed by atoms with E-state index in [1.165, 1.54) is 38.8 Å². The Kier molecular flexibility index (Phi) is 6.98. The molecule has 1 unspecified atom stereocenters. The molecular formula is C12H26N2O. The smallest absolute Gasteiger partial charge is 0.0591 e. The van der Waals surface area contributed by atoms with E-state index in [1.807, 2.05) is 0 Å². The summed E-state index contributed by atoms with van der Waals surface area (Å²) >= 11 is 0. The van der Waals surface area contributed by atoms with Crippen molar-refractivity contribution in [2.45, 2.75) is 38.6 Å². The molecule has 3 nitrogen and oxygen atoms in total. The predicted octanol–water partition coefficient (Wildman–Crippen LogP) is 1.49. The molecule has 0 aliphatic carbocycles. The number of likely N-dealkylation sites (N-methyl/N-ethyl adjacent to an activating group) is 1. The Bertz CT molecular complexity index is 153. The maximum absolute atomic E-state index is 5.52. The highest BCUT2D eigenvalue weighted by molar-refractivity contribution is 4.75. The van der Waals surface area contributed by atoms with Crippen LogP contribution in [0.5, 0.6) is 0 Å². The zero-order valence-electron chi connectivity index (χ0n) is 10.3. The van der Waals surface area contributed by atoms with Crippen LogP contribution in [-0.4, -0.2) is 50.8 Å². The van der Waals surface area contributed by atoms with E-state index in [9.17, 15) is 0 Å². The fourth-order valence-electron chi connectivity index (χ4n) is 2.02. The topological polar surface area (TPSA) is 24.5 Å². The lowest BCUT2D eigenvalue weighted by atomic mass is 10.1. The number of ether oxygens (including phenoxy) is 1. The second kappa shape index (κ2) is 8.08. The molecule has 1 fully saturated rings. The van der Waals surface area contributed by atoms with E-state index in [2.05, 4.69) is 24.2 Å². The van der Waals surface area contributed by atoms with E-state index >= 15 is 0 Å². The van der Waals surface area contributed by atoms with Crippen molar-refractivity contribution in [3.8, 4) is 0 Å². The molecule has 1 atom stereocenters. The molecule has 0 bridgehead atoms. The van der Waals surface area contributed by atoms with Crippen LogP contribution >= 0.6 is 0 Å². The van der Waals surface area contributed by atoms with Gasteiger partial charge < -0.3 is 15.0 Å². The second-order valence-electron chi connectivity index (χ2n) is 4.52. The largest absolute Gasteiger partial charge is 0.380 e. The lowest BCUT2D eigenvalue weighted by Crippen LogP contribution is -2.44. The summed E-state index contributed by atoms with van der Waals surface area (Å²) in [6.45, 7) is 7.42. The summed E-state index contributed by atoms with van der Waals surface area (Å²) in [6.07, 6.45) is 5.05. The van der Waals surface area contributed by atoms with Crippen molar-refractivity contribution in [3.63, 3.8) is 0 Å². The van der Waals surface area contributed by atoms with E-state index < -0.39 is 0 Å². The highest BCUT2D eigenvalue weighted by Gasteiger charge is 2.15. The number of hydrogen-bond acceptors (Lipinski definition) is 3. The summed E-state index contributed by atoms with van der Waals surface area (Å²) in [7, 11) is 2.20. The molecule has 1 N–H and O–H groups in total. The molecule has 0 saturated carbocycles. The average Bonchev–Trinajstić information content (AvgIpc) is 2.23. The van der Waals surface area contributed by atoms with Gasteiger partial charge in [0.2, 0.25) is 0 Å². The van der Waals surface area contributed by atoms with Gasteiger partial charge in [0.05, 0.1) is 6.61 Å². The van der Waals surface area contributed by atoms with Crippen molar-refractivity contribution in [1.29, 1.82) is 0 Å². The Morgan fingerprint density at radius 1 is 1.40 bits per heavy atom. The summed E-state index contributed by atoms with van der Waals surface area (Å²) in [5, 5.41) is 3.56. The molecule has 1 saturated heterocycles. The van der Waals surface area contributed by atoms with E-state index in [0.717, 1.165) is 19.8 Å². The van der Waals surface area contributed by atoms with Crippen LogP contribution in [0.3, 0.4) is 0 Å². The van der Waals surface area contributed by atoms with Gasteiger partial charge in [0.25, 0.3) is 0 Å². The molecule has 0 radical (unpaired) electrons. The van der Waals surface area contributed by atoms with Crippen LogP contribution in [0.4, 0.5) is 0 Å². The van der Waals surface area contributed by atoms with Crippen LogP contribution in [-0.2, 0) is 4.74 Å². The maximum Gasteiger partial charge on any atom is 0.0591 e. The predicted molar refractivity (Wildman–Crippen MR) is 64.2 cm³/mol. The fourth-order valence-corrected chi connectivity index (χ4v) is 2.02. The Hall–Kier alpha value is -0.120. The summed E-state index contributed by atoms with van der Waals surface area (Å²) in [4.78, 5) is 2.40. The van der Waals surface area contributed by atoms with Gasteiger partial charge in [-0.2, -0.15) is 0 Å². The first-order chi connectivity index (χ1) is 7.33. The molecule has 90 valence electrons. The lowest BCUT2D eigenvalue weighted by Gasteiger charge is -2.30. The van der Waals surface area contributed by atoms with E-state index in [4.69, 9.17) is 4.74 Å². The third-order valence-corrected chi connectivity index (χ3v) is 2.95. The second-order valence-corrected chi connectivity index (χ2v) is 4.52. The van der Waals surface area contributed by atoms with Gasteiger partial charge >= 0.3 is 0 Å². The first kappa shape index (κ1) is 12.9. The van der Waals surface area contributed by atoms with Crippen molar-refractivity contribution in [2.75, 3.05) is 39.9 Å². The molecule has 0 aromatic carbocycles. The van der Waals surface area contributed by atoms with Crippen LogP contribution in [0.1, 0.15) is 32.6 Å². The molecule has 0 aromatic heterocycles. The summed E-state index contributed by atoms with van der Waals surface area (Å²) in [5.41, 5.74) is 0. The Morgan fingerprint density at radius 3 is 3.00 bits per heavy atom. The van der Waals surface area contributed by atoms with Gasteiger partial charge in [-0.1, -0.05) is 13.3 Å². The average molecular weight is 214 g/mol. The Labute approximate surface area is 94.2 Å². The molecule has 0 amide bonds. The fraction of sp³-hybridized carbons (Fsp3) is 1.00. The molecule has 1 aliphatic rings. The molecule has 0 aromatic rings. The monoisotopic (exact) mass is 214 g/mol. The lowest BCUT2D eigenvalue weighted by molar-refractivity contribution is 0.126. The summed E-state index contributed by atoms with van der Waals surface area (Å²) in [6, 6.07) is 0.679. The van der Waals surface area contributed by atoms with Crippen molar-refractivity contribution < 1.29 is 4.74 Å². The van der Waals surface area contributed by atoms with Crippen molar-refractivity contribution in [2.24, 2.45) is 0 Å². The standard InChI is InChI=1S/C12H26N2O/c1-3-4-9-15-10-7-13-12-6-5-8-14(2)11-12/h12-13H,3-11H2,1-2H3. The molecule has 1 heterocycles. The number of piperidine rings is 1. The van der Waals surface area contributed by atoms with Crippen LogP contribution in [0, 0.1) is 0 Å². The van der Waals surface area contributed by atoms with Gasteiger partial charge in [0.1, 0.15) is 0 Å². The Balaban J connectivity index is 1.90. The molecule has 15 heavy (non-hydrogen) atoms. The minimum atomic E-state index is 0.679. The number of rotatable bonds is 7. The van der Waals surface area contributed by atoms with Gasteiger partial charge in [0.15, 0.2) is 0 Å². The first-order valence-corrected chi connectivity index (χ1v) is 6.32. The molecule has 3 heteroatoms. The van der Waals surface area contributed by atoms with Gasteiger partial charge in [0, 0.05) is 25.7 Å². The van der Waals surface area contributed by atoms with Crippen LogP contribution in [0.15, 0.2) is 0 Å². The molecule has 1 rings (SSSR count).